The van der Waals surface area contributed by atoms with Crippen LogP contribution < -0.4 is 0 Å². The molecule has 0 unspecified atom stereocenters. The molecule has 0 saturated carbocycles. The molecule has 0 N–H and O–H groups in total. The molecule has 3 aromatic rings. The van der Waals surface area contributed by atoms with Gasteiger partial charge in [0.05, 0.1) is 25.9 Å². The molecule has 22 heavy (non-hydrogen) atoms. The Morgan fingerprint density at radius 1 is 1.18 bits per heavy atom. The number of rotatable bonds is 2. The minimum absolute atomic E-state index is 0.236. The maximum absolute atomic E-state index is 13.3. The van der Waals surface area contributed by atoms with Crippen molar-refractivity contribution in [3.63, 3.8) is 0 Å². The highest BCUT2D eigenvalue weighted by molar-refractivity contribution is 9.10. The zero-order valence-electron chi connectivity index (χ0n) is 11.1. The van der Waals surface area contributed by atoms with Gasteiger partial charge >= 0.3 is 0 Å². The number of aromatic nitrogens is 3. The van der Waals surface area contributed by atoms with Crippen molar-refractivity contribution in [2.75, 3.05) is 0 Å². The number of fused-ring (bicyclic) bond motifs is 1. The van der Waals surface area contributed by atoms with Gasteiger partial charge in [-0.05, 0) is 41.1 Å². The molecule has 0 radical (unpaired) electrons. The van der Waals surface area contributed by atoms with Crippen LogP contribution in [-0.2, 0) is 0 Å². The molecule has 0 amide bonds. The first-order valence-electron chi connectivity index (χ1n) is 6.18. The highest BCUT2D eigenvalue weighted by Crippen LogP contribution is 2.32. The third-order valence-corrected chi connectivity index (χ3v) is 4.83. The molecule has 8 heteroatoms. The molecular formula is C14H8BrCl2F2N3. The summed E-state index contributed by atoms with van der Waals surface area (Å²) >= 11 is 15.2. The van der Waals surface area contributed by atoms with Crippen LogP contribution in [0.15, 0.2) is 28.7 Å². The monoisotopic (exact) mass is 405 g/mol. The topological polar surface area (TPSA) is 30.2 Å². The average molecular weight is 407 g/mol. The van der Waals surface area contributed by atoms with E-state index in [1.165, 1.54) is 6.07 Å². The predicted octanol–water partition coefficient (Wildman–Crippen LogP) is 5.71. The molecule has 0 aliphatic rings. The van der Waals surface area contributed by atoms with E-state index in [1.54, 1.807) is 25.1 Å². The molecule has 0 atom stereocenters. The lowest BCUT2D eigenvalue weighted by Gasteiger charge is -2.08. The van der Waals surface area contributed by atoms with Crippen LogP contribution in [0, 0.1) is 6.92 Å². The van der Waals surface area contributed by atoms with Gasteiger partial charge in [-0.15, -0.1) is 0 Å². The van der Waals surface area contributed by atoms with Gasteiger partial charge in [0.25, 0.3) is 6.43 Å². The zero-order chi connectivity index (χ0) is 16.0. The van der Waals surface area contributed by atoms with E-state index in [9.17, 15) is 8.78 Å². The Bertz CT molecular complexity index is 880. The first kappa shape index (κ1) is 15.6. The number of halogens is 5. The Balaban J connectivity index is 2.30. The van der Waals surface area contributed by atoms with Gasteiger partial charge in [-0.25, -0.2) is 18.3 Å². The van der Waals surface area contributed by atoms with Crippen LogP contribution >= 0.6 is 39.1 Å². The quantitative estimate of drug-likeness (QED) is 0.545. The SMILES string of the molecule is Cc1nn2c(C(F)F)cc(-c3ccc(Cl)c(Cl)c3)nc2c1Br. The number of hydrogen-bond donors (Lipinski definition) is 0. The first-order chi connectivity index (χ1) is 10.4. The smallest absolute Gasteiger partial charge is 0.227 e. The maximum atomic E-state index is 13.3. The number of aryl methyl sites for hydroxylation is 1. The summed E-state index contributed by atoms with van der Waals surface area (Å²) in [7, 11) is 0. The van der Waals surface area contributed by atoms with E-state index in [2.05, 4.69) is 26.0 Å². The van der Waals surface area contributed by atoms with Gasteiger partial charge in [-0.3, -0.25) is 0 Å². The van der Waals surface area contributed by atoms with Gasteiger partial charge in [-0.1, -0.05) is 29.3 Å². The molecule has 2 heterocycles. The Morgan fingerprint density at radius 2 is 1.91 bits per heavy atom. The second-order valence-electron chi connectivity index (χ2n) is 4.63. The molecule has 1 aromatic carbocycles. The molecule has 0 aliphatic heterocycles. The Labute approximate surface area is 143 Å². The van der Waals surface area contributed by atoms with E-state index in [1.807, 2.05) is 0 Å². The summed E-state index contributed by atoms with van der Waals surface area (Å²) in [4.78, 5) is 4.40. The Hall–Kier alpha value is -1.24. The van der Waals surface area contributed by atoms with Crippen molar-refractivity contribution in [3.05, 3.63) is 50.2 Å². The van der Waals surface area contributed by atoms with E-state index < -0.39 is 6.43 Å². The Morgan fingerprint density at radius 3 is 2.55 bits per heavy atom. The largest absolute Gasteiger partial charge is 0.280 e. The summed E-state index contributed by atoms with van der Waals surface area (Å²) in [5, 5.41) is 4.81. The van der Waals surface area contributed by atoms with Gasteiger partial charge in [0.2, 0.25) is 0 Å². The molecule has 3 nitrogen and oxygen atoms in total. The van der Waals surface area contributed by atoms with Gasteiger partial charge in [0.1, 0.15) is 5.69 Å². The van der Waals surface area contributed by atoms with Crippen LogP contribution in [0.3, 0.4) is 0 Å². The minimum atomic E-state index is -2.68. The van der Waals surface area contributed by atoms with Crippen molar-refractivity contribution in [3.8, 4) is 11.3 Å². The van der Waals surface area contributed by atoms with E-state index in [4.69, 9.17) is 23.2 Å². The van der Waals surface area contributed by atoms with Crippen LogP contribution in [0.1, 0.15) is 17.8 Å². The minimum Gasteiger partial charge on any atom is -0.227 e. The number of alkyl halides is 2. The molecule has 114 valence electrons. The predicted molar refractivity (Wildman–Crippen MR) is 85.8 cm³/mol. The fraction of sp³-hybridized carbons (Fsp3) is 0.143. The van der Waals surface area contributed by atoms with Crippen LogP contribution in [0.25, 0.3) is 16.9 Å². The van der Waals surface area contributed by atoms with Crippen LogP contribution in [0.2, 0.25) is 10.0 Å². The van der Waals surface area contributed by atoms with Crippen molar-refractivity contribution in [2.24, 2.45) is 0 Å². The summed E-state index contributed by atoms with van der Waals surface area (Å²) in [5.74, 6) is 0. The normalized spacial score (nSPS) is 11.6. The van der Waals surface area contributed by atoms with Gasteiger partial charge in [-0.2, -0.15) is 5.10 Å². The highest BCUT2D eigenvalue weighted by atomic mass is 79.9. The summed E-state index contributed by atoms with van der Waals surface area (Å²) in [5.41, 5.74) is 1.66. The molecule has 3 rings (SSSR count). The van der Waals surface area contributed by atoms with Crippen molar-refractivity contribution >= 4 is 44.8 Å². The maximum Gasteiger partial charge on any atom is 0.280 e. The van der Waals surface area contributed by atoms with Crippen molar-refractivity contribution < 1.29 is 8.78 Å². The average Bonchev–Trinajstić information content (AvgIpc) is 2.76. The molecule has 0 spiro atoms. The lowest BCUT2D eigenvalue weighted by molar-refractivity contribution is 0.143. The van der Waals surface area contributed by atoms with Crippen LogP contribution in [-0.4, -0.2) is 14.6 Å². The van der Waals surface area contributed by atoms with Crippen LogP contribution in [0.5, 0.6) is 0 Å². The van der Waals surface area contributed by atoms with Crippen LogP contribution in [0.4, 0.5) is 8.78 Å². The van der Waals surface area contributed by atoms with Crippen molar-refractivity contribution in [1.82, 2.24) is 14.6 Å². The number of hydrogen-bond acceptors (Lipinski definition) is 2. The lowest BCUT2D eigenvalue weighted by Crippen LogP contribution is -2.02. The summed E-state index contributed by atoms with van der Waals surface area (Å²) < 4.78 is 28.4. The molecule has 0 fully saturated rings. The molecule has 2 aromatic heterocycles. The van der Waals surface area contributed by atoms with Crippen molar-refractivity contribution in [2.45, 2.75) is 13.3 Å². The Kier molecular flexibility index (Phi) is 4.09. The van der Waals surface area contributed by atoms with E-state index in [-0.39, 0.29) is 5.69 Å². The second-order valence-corrected chi connectivity index (χ2v) is 6.24. The molecule has 0 aliphatic carbocycles. The van der Waals surface area contributed by atoms with Gasteiger partial charge < -0.3 is 0 Å². The molecular weight excluding hydrogens is 399 g/mol. The number of benzene rings is 1. The lowest BCUT2D eigenvalue weighted by atomic mass is 10.1. The number of nitrogens with zero attached hydrogens (tertiary/aromatic N) is 3. The fourth-order valence-corrected chi connectivity index (χ4v) is 2.71. The van der Waals surface area contributed by atoms with E-state index >= 15 is 0 Å². The third kappa shape index (κ3) is 2.59. The third-order valence-electron chi connectivity index (χ3n) is 3.16. The highest BCUT2D eigenvalue weighted by Gasteiger charge is 2.19. The van der Waals surface area contributed by atoms with Crippen molar-refractivity contribution in [1.29, 1.82) is 0 Å². The summed E-state index contributed by atoms with van der Waals surface area (Å²) in [6.07, 6.45) is -2.68. The van der Waals surface area contributed by atoms with E-state index in [0.717, 1.165) is 4.52 Å². The van der Waals surface area contributed by atoms with E-state index in [0.29, 0.717) is 37.1 Å². The molecule has 0 saturated heterocycles. The van der Waals surface area contributed by atoms with Gasteiger partial charge in [0, 0.05) is 5.56 Å². The zero-order valence-corrected chi connectivity index (χ0v) is 14.2. The molecule has 0 bridgehead atoms. The first-order valence-corrected chi connectivity index (χ1v) is 7.72. The fourth-order valence-electron chi connectivity index (χ4n) is 2.08. The van der Waals surface area contributed by atoms with Gasteiger partial charge in [0.15, 0.2) is 5.65 Å². The standard InChI is InChI=1S/C14H8BrCl2F2N3/c1-6-12(15)14-20-10(5-11(13(18)19)22(14)21-6)7-2-3-8(16)9(17)4-7/h2-5,13H,1H3. The summed E-state index contributed by atoms with van der Waals surface area (Å²) in [6, 6.07) is 6.18. The summed E-state index contributed by atoms with van der Waals surface area (Å²) in [6.45, 7) is 1.72. The second kappa shape index (κ2) is 5.76.